The van der Waals surface area contributed by atoms with Crippen LogP contribution < -0.4 is 10.1 Å². The summed E-state index contributed by atoms with van der Waals surface area (Å²) in [5, 5.41) is 5.33. The lowest BCUT2D eigenvalue weighted by Gasteiger charge is -2.24. The number of fused-ring (bicyclic) bond motifs is 1. The van der Waals surface area contributed by atoms with Gasteiger partial charge in [-0.25, -0.2) is 0 Å². The van der Waals surface area contributed by atoms with Crippen LogP contribution in [-0.2, 0) is 17.9 Å². The van der Waals surface area contributed by atoms with E-state index in [4.69, 9.17) is 4.74 Å². The number of hydrogen-bond donors (Lipinski definition) is 1. The van der Waals surface area contributed by atoms with Gasteiger partial charge in [-0.15, -0.1) is 0 Å². The smallest absolute Gasteiger partial charge is 0.237 e. The molecule has 0 saturated carbocycles. The third-order valence-corrected chi connectivity index (χ3v) is 4.89. The number of benzene rings is 3. The maximum Gasteiger partial charge on any atom is 0.237 e. The average Bonchev–Trinajstić information content (AvgIpc) is 2.71. The molecule has 0 unspecified atom stereocenters. The first-order valence-corrected chi connectivity index (χ1v) is 9.15. The number of nitrogens with one attached hydrogen (secondary N) is 1. The van der Waals surface area contributed by atoms with E-state index in [2.05, 4.69) is 34.5 Å². The molecule has 0 aliphatic heterocycles. The first kappa shape index (κ1) is 18.9. The lowest BCUT2D eigenvalue weighted by molar-refractivity contribution is -0.125. The molecule has 1 N–H and O–H groups in total. The highest BCUT2D eigenvalue weighted by atomic mass is 16.5. The maximum atomic E-state index is 12.5. The second-order valence-electron chi connectivity index (χ2n) is 6.84. The minimum atomic E-state index is -0.208. The average molecular weight is 362 g/mol. The molecule has 0 radical (unpaired) electrons. The van der Waals surface area contributed by atoms with Crippen molar-refractivity contribution in [3.05, 3.63) is 77.9 Å². The van der Waals surface area contributed by atoms with E-state index in [9.17, 15) is 4.79 Å². The van der Waals surface area contributed by atoms with Gasteiger partial charge in [-0.05, 0) is 54.1 Å². The fraction of sp³-hybridized carbons (Fsp3) is 0.261. The molecule has 0 spiro atoms. The van der Waals surface area contributed by atoms with Crippen LogP contribution >= 0.6 is 0 Å². The van der Waals surface area contributed by atoms with Gasteiger partial charge in [0, 0.05) is 13.1 Å². The van der Waals surface area contributed by atoms with Crippen LogP contribution in [0.5, 0.6) is 5.75 Å². The van der Waals surface area contributed by atoms with Crippen molar-refractivity contribution in [2.45, 2.75) is 26.1 Å². The third kappa shape index (κ3) is 4.86. The second kappa shape index (κ2) is 8.69. The third-order valence-electron chi connectivity index (χ3n) is 4.89. The molecular formula is C23H26N2O2. The number of methoxy groups -OCH3 is 1. The van der Waals surface area contributed by atoms with Gasteiger partial charge >= 0.3 is 0 Å². The zero-order valence-corrected chi connectivity index (χ0v) is 16.1. The van der Waals surface area contributed by atoms with E-state index < -0.39 is 0 Å². The highest BCUT2D eigenvalue weighted by Gasteiger charge is 2.18. The molecule has 0 aliphatic rings. The van der Waals surface area contributed by atoms with E-state index >= 15 is 0 Å². The van der Waals surface area contributed by atoms with E-state index in [-0.39, 0.29) is 11.9 Å². The first-order chi connectivity index (χ1) is 13.1. The van der Waals surface area contributed by atoms with Crippen molar-refractivity contribution in [1.29, 1.82) is 0 Å². The summed E-state index contributed by atoms with van der Waals surface area (Å²) < 4.78 is 5.28. The Kier molecular flexibility index (Phi) is 6.09. The molecule has 0 bridgehead atoms. The molecule has 0 heterocycles. The van der Waals surface area contributed by atoms with Gasteiger partial charge in [0.1, 0.15) is 5.75 Å². The Labute approximate surface area is 160 Å². The molecular weight excluding hydrogens is 336 g/mol. The van der Waals surface area contributed by atoms with Crippen LogP contribution in [0, 0.1) is 0 Å². The summed E-state index contributed by atoms with van der Waals surface area (Å²) >= 11 is 0. The number of amides is 1. The first-order valence-electron chi connectivity index (χ1n) is 9.15. The highest BCUT2D eigenvalue weighted by Crippen LogP contribution is 2.22. The molecule has 3 rings (SSSR count). The summed E-state index contributed by atoms with van der Waals surface area (Å²) in [6.45, 7) is 3.20. The number of likely N-dealkylation sites (N-methyl/N-ethyl adjacent to an activating group) is 1. The topological polar surface area (TPSA) is 41.6 Å². The lowest BCUT2D eigenvalue weighted by atomic mass is 10.1. The summed E-state index contributed by atoms with van der Waals surface area (Å²) in [7, 11) is 3.65. The van der Waals surface area contributed by atoms with Crippen LogP contribution in [0.3, 0.4) is 0 Å². The highest BCUT2D eigenvalue weighted by molar-refractivity contribution is 5.84. The van der Waals surface area contributed by atoms with Gasteiger partial charge in [-0.2, -0.15) is 0 Å². The number of rotatable bonds is 7. The minimum absolute atomic E-state index is 0.0341. The van der Waals surface area contributed by atoms with Crippen molar-refractivity contribution in [3.63, 3.8) is 0 Å². The molecule has 1 atom stereocenters. The zero-order chi connectivity index (χ0) is 19.2. The monoisotopic (exact) mass is 362 g/mol. The van der Waals surface area contributed by atoms with E-state index in [1.54, 1.807) is 7.11 Å². The number of carbonyl (C=O) groups is 1. The van der Waals surface area contributed by atoms with Gasteiger partial charge < -0.3 is 10.1 Å². The quantitative estimate of drug-likeness (QED) is 0.691. The summed E-state index contributed by atoms with van der Waals surface area (Å²) in [6.07, 6.45) is 0. The summed E-state index contributed by atoms with van der Waals surface area (Å²) in [6, 6.07) is 22.2. The van der Waals surface area contributed by atoms with Crippen LogP contribution in [0.4, 0.5) is 0 Å². The summed E-state index contributed by atoms with van der Waals surface area (Å²) in [5.74, 6) is 0.892. The zero-order valence-electron chi connectivity index (χ0n) is 16.1. The summed E-state index contributed by atoms with van der Waals surface area (Å²) in [4.78, 5) is 14.5. The van der Waals surface area contributed by atoms with Gasteiger partial charge in [0.05, 0.1) is 13.2 Å². The van der Waals surface area contributed by atoms with Crippen LogP contribution in [0.1, 0.15) is 18.1 Å². The van der Waals surface area contributed by atoms with Crippen molar-refractivity contribution in [2.75, 3.05) is 14.2 Å². The minimum Gasteiger partial charge on any atom is -0.497 e. The fourth-order valence-corrected chi connectivity index (χ4v) is 3.06. The van der Waals surface area contributed by atoms with Crippen LogP contribution in [0.15, 0.2) is 66.7 Å². The van der Waals surface area contributed by atoms with E-state index in [0.717, 1.165) is 16.7 Å². The molecule has 4 nitrogen and oxygen atoms in total. The Bertz CT molecular complexity index is 909. The normalized spacial score (nSPS) is 12.1. The summed E-state index contributed by atoms with van der Waals surface area (Å²) in [5.41, 5.74) is 2.28. The van der Waals surface area contributed by atoms with Crippen molar-refractivity contribution in [1.82, 2.24) is 10.2 Å². The fourth-order valence-electron chi connectivity index (χ4n) is 3.06. The molecule has 0 saturated heterocycles. The SMILES string of the molecule is COc1ccc2cc(CN(C)[C@@H](C)C(=O)NCc3ccccc3)ccc2c1. The molecule has 4 heteroatoms. The van der Waals surface area contributed by atoms with Crippen molar-refractivity contribution in [2.24, 2.45) is 0 Å². The predicted octanol–water partition coefficient (Wildman–Crippen LogP) is 3.99. The van der Waals surface area contributed by atoms with Gasteiger partial charge in [-0.3, -0.25) is 9.69 Å². The largest absolute Gasteiger partial charge is 0.497 e. The van der Waals surface area contributed by atoms with E-state index in [1.807, 2.05) is 56.4 Å². The Morgan fingerprint density at radius 3 is 2.44 bits per heavy atom. The Hall–Kier alpha value is -2.85. The number of nitrogens with zero attached hydrogens (tertiary/aromatic N) is 1. The molecule has 27 heavy (non-hydrogen) atoms. The number of ether oxygens (including phenoxy) is 1. The Morgan fingerprint density at radius 1 is 1.00 bits per heavy atom. The van der Waals surface area contributed by atoms with Crippen LogP contribution in [0.2, 0.25) is 0 Å². The van der Waals surface area contributed by atoms with Crippen molar-refractivity contribution >= 4 is 16.7 Å². The molecule has 3 aromatic carbocycles. The Balaban J connectivity index is 1.60. The van der Waals surface area contributed by atoms with Crippen molar-refractivity contribution in [3.8, 4) is 5.75 Å². The number of hydrogen-bond acceptors (Lipinski definition) is 3. The molecule has 0 fully saturated rings. The van der Waals surface area contributed by atoms with E-state index in [1.165, 1.54) is 10.9 Å². The molecule has 0 aliphatic carbocycles. The van der Waals surface area contributed by atoms with Crippen LogP contribution in [0.25, 0.3) is 10.8 Å². The maximum absolute atomic E-state index is 12.5. The molecule has 3 aromatic rings. The van der Waals surface area contributed by atoms with Crippen LogP contribution in [-0.4, -0.2) is 31.0 Å². The molecule has 1 amide bonds. The van der Waals surface area contributed by atoms with Crippen molar-refractivity contribution < 1.29 is 9.53 Å². The van der Waals surface area contributed by atoms with Gasteiger partial charge in [0.2, 0.25) is 5.91 Å². The van der Waals surface area contributed by atoms with Gasteiger partial charge in [0.15, 0.2) is 0 Å². The van der Waals surface area contributed by atoms with Gasteiger partial charge in [0.25, 0.3) is 0 Å². The number of carbonyl (C=O) groups excluding carboxylic acids is 1. The predicted molar refractivity (Wildman–Crippen MR) is 110 cm³/mol. The second-order valence-corrected chi connectivity index (χ2v) is 6.84. The van der Waals surface area contributed by atoms with E-state index in [0.29, 0.717) is 13.1 Å². The molecule has 140 valence electrons. The lowest BCUT2D eigenvalue weighted by Crippen LogP contribution is -2.42. The van der Waals surface area contributed by atoms with Gasteiger partial charge in [-0.1, -0.05) is 48.5 Å². The Morgan fingerprint density at radius 2 is 1.70 bits per heavy atom. The standard InChI is InChI=1S/C23H26N2O2/c1-17(23(26)24-15-18-7-5-4-6-8-18)25(2)16-19-9-10-21-14-22(27-3)12-11-20(21)13-19/h4-14,17H,15-16H2,1-3H3,(H,24,26)/t17-/m0/s1. The molecule has 0 aromatic heterocycles.